The monoisotopic (exact) mass is 1500 g/mol. The van der Waals surface area contributed by atoms with Crippen LogP contribution in [-0.2, 0) is 46.7 Å². The van der Waals surface area contributed by atoms with Gasteiger partial charge in [-0.05, 0) is 123 Å². The van der Waals surface area contributed by atoms with Crippen molar-refractivity contribution in [2.75, 3.05) is 93.0 Å². The number of ether oxygens (including phenoxy) is 5. The van der Waals surface area contributed by atoms with Gasteiger partial charge in [-0.25, -0.2) is 14.4 Å². The fourth-order valence-electron chi connectivity index (χ4n) is 14.8. The third-order valence-electron chi connectivity index (χ3n) is 21.1. The van der Waals surface area contributed by atoms with E-state index < -0.39 is 85.2 Å². The number of amides is 8. The number of para-hydroxylation sites is 1. The third-order valence-corrected chi connectivity index (χ3v) is 21.1. The number of carbonyl (C=O) groups excluding carboxylic acids is 8. The average molecular weight is 1500 g/mol. The Bertz CT molecular complexity index is 4690. The maximum atomic E-state index is 14.6. The minimum atomic E-state index is -1.50. The fourth-order valence-corrected chi connectivity index (χ4v) is 14.8. The summed E-state index contributed by atoms with van der Waals surface area (Å²) in [6.07, 6.45) is 1.66. The number of fused-ring (bicyclic) bond motifs is 9. The van der Waals surface area contributed by atoms with Crippen LogP contribution in [0.25, 0.3) is 28.1 Å². The van der Waals surface area contributed by atoms with Crippen LogP contribution in [0.2, 0.25) is 0 Å². The van der Waals surface area contributed by atoms with Gasteiger partial charge in [0.1, 0.15) is 24.4 Å². The first kappa shape index (κ1) is 76.5. The molecule has 8 N–H and O–H groups in total. The van der Waals surface area contributed by atoms with E-state index in [9.17, 15) is 48.6 Å². The Morgan fingerprint density at radius 3 is 2.11 bits per heavy atom. The van der Waals surface area contributed by atoms with Crippen LogP contribution >= 0.6 is 0 Å². The molecule has 7 aromatic rings. The Hall–Kier alpha value is -11.7. The van der Waals surface area contributed by atoms with E-state index in [1.807, 2.05) is 98.3 Å². The molecule has 29 heteroatoms. The number of aliphatic hydroxyl groups is 2. The molecule has 578 valence electrons. The van der Waals surface area contributed by atoms with Crippen molar-refractivity contribution in [2.24, 2.45) is 11.3 Å². The molecule has 1 saturated heterocycles. The van der Waals surface area contributed by atoms with Crippen molar-refractivity contribution in [2.45, 2.75) is 135 Å². The van der Waals surface area contributed by atoms with Gasteiger partial charge >= 0.3 is 6.09 Å². The van der Waals surface area contributed by atoms with E-state index in [0.717, 1.165) is 69.1 Å². The summed E-state index contributed by atoms with van der Waals surface area (Å²) in [6, 6.07) is 33.7. The van der Waals surface area contributed by atoms with Crippen LogP contribution in [0.15, 0.2) is 128 Å². The normalized spacial score (nSPS) is 18.1. The first-order valence-electron chi connectivity index (χ1n) is 37.2. The number of nitrogens with one attached hydrogen (secondary N) is 6. The average Bonchev–Trinajstić information content (AvgIpc) is 1.57. The second-order valence-corrected chi connectivity index (χ2v) is 29.6. The topological polar surface area (TPSA) is 342 Å². The van der Waals surface area contributed by atoms with Crippen LogP contribution in [0, 0.1) is 11.3 Å². The molecule has 0 radical (unpaired) electrons. The molecule has 13 rings (SSSR count). The van der Waals surface area contributed by atoms with Crippen LogP contribution in [0.5, 0.6) is 23.0 Å². The van der Waals surface area contributed by atoms with Gasteiger partial charge in [-0.1, -0.05) is 85.8 Å². The van der Waals surface area contributed by atoms with Gasteiger partial charge < -0.3 is 85.4 Å². The Morgan fingerprint density at radius 2 is 1.41 bits per heavy atom. The molecule has 1 saturated carbocycles. The Morgan fingerprint density at radius 1 is 0.727 bits per heavy atom. The Labute approximate surface area is 637 Å². The molecule has 2 unspecified atom stereocenters. The molecule has 29 nitrogen and oxygen atoms in total. The molecule has 2 fully saturated rings. The molecule has 1 spiro atoms. The lowest BCUT2D eigenvalue weighted by atomic mass is 9.95. The highest BCUT2D eigenvalue weighted by Crippen LogP contribution is 2.57. The lowest BCUT2D eigenvalue weighted by Crippen LogP contribution is -2.55. The zero-order valence-corrected chi connectivity index (χ0v) is 63.1. The van der Waals surface area contributed by atoms with Gasteiger partial charge in [-0.15, -0.1) is 5.10 Å². The number of aromatic nitrogens is 3. The summed E-state index contributed by atoms with van der Waals surface area (Å²) >= 11 is 0. The number of carbonyl (C=O) groups is 8. The maximum absolute atomic E-state index is 14.6. The molecule has 0 bridgehead atoms. The number of nitrogens with zero attached hydrogens (tertiary/aromatic N) is 8. The molecule has 1 aromatic heterocycles. The van der Waals surface area contributed by atoms with Crippen molar-refractivity contribution in [3.8, 4) is 45.5 Å². The Balaban J connectivity index is 0.569. The zero-order valence-electron chi connectivity index (χ0n) is 63.1. The molecule has 6 aromatic carbocycles. The van der Waals surface area contributed by atoms with Gasteiger partial charge in [-0.3, -0.25) is 33.6 Å². The first-order valence-corrected chi connectivity index (χ1v) is 37.2. The van der Waals surface area contributed by atoms with Crippen molar-refractivity contribution >= 4 is 81.5 Å². The van der Waals surface area contributed by atoms with Crippen molar-refractivity contribution < 1.29 is 72.3 Å². The molecule has 6 aliphatic rings. The quantitative estimate of drug-likeness (QED) is 0.0236. The van der Waals surface area contributed by atoms with Crippen LogP contribution in [-0.4, -0.2) is 181 Å². The summed E-state index contributed by atoms with van der Waals surface area (Å²) in [5.41, 5.74) is 10.2. The van der Waals surface area contributed by atoms with Gasteiger partial charge in [0.15, 0.2) is 35.5 Å². The van der Waals surface area contributed by atoms with Crippen molar-refractivity contribution in [1.82, 2.24) is 46.1 Å². The highest BCUT2D eigenvalue weighted by atomic mass is 16.6. The summed E-state index contributed by atoms with van der Waals surface area (Å²) in [7, 11) is 7.00. The zero-order chi connectivity index (χ0) is 77.8. The molecule has 1 aliphatic carbocycles. The maximum Gasteiger partial charge on any atom is 0.416 e. The van der Waals surface area contributed by atoms with Crippen molar-refractivity contribution in [1.29, 1.82) is 0 Å². The van der Waals surface area contributed by atoms with Gasteiger partial charge in [0, 0.05) is 105 Å². The van der Waals surface area contributed by atoms with Crippen LogP contribution in [0.3, 0.4) is 0 Å². The largest absolute Gasteiger partial charge is 0.493 e. The summed E-state index contributed by atoms with van der Waals surface area (Å²) in [4.78, 5) is 118. The molecule has 5 aliphatic heterocycles. The predicted octanol–water partition coefficient (Wildman–Crippen LogP) is 8.27. The highest BCUT2D eigenvalue weighted by molar-refractivity contribution is 6.07. The minimum Gasteiger partial charge on any atom is -0.493 e. The summed E-state index contributed by atoms with van der Waals surface area (Å²) in [6.45, 7) is 9.10. The van der Waals surface area contributed by atoms with Crippen LogP contribution in [0.4, 0.5) is 33.2 Å². The summed E-state index contributed by atoms with van der Waals surface area (Å²) in [5.74, 6) is -3.01. The molecule has 110 heavy (non-hydrogen) atoms. The van der Waals surface area contributed by atoms with E-state index in [1.165, 1.54) is 26.2 Å². The van der Waals surface area contributed by atoms with E-state index in [2.05, 4.69) is 71.4 Å². The van der Waals surface area contributed by atoms with E-state index in [4.69, 9.17) is 23.7 Å². The second kappa shape index (κ2) is 32.6. The third kappa shape index (κ3) is 16.3. The lowest BCUT2D eigenvalue weighted by Gasteiger charge is -2.31. The van der Waals surface area contributed by atoms with E-state index >= 15 is 0 Å². The summed E-state index contributed by atoms with van der Waals surface area (Å²) < 4.78 is 31.9. The number of anilines is 5. The number of aliphatic hydroxyl groups excluding tert-OH is 2. The fraction of sp³-hybridized carbons (Fsp3) is 0.407. The second-order valence-electron chi connectivity index (χ2n) is 29.6. The number of rotatable bonds is 26. The highest BCUT2D eigenvalue weighted by Gasteiger charge is 2.58. The predicted molar refractivity (Wildman–Crippen MR) is 411 cm³/mol. The standard InChI is InChI=1S/C81H94N14O15/c1-46(2)72(87-70(98)41-84-69(97)40-83-68(96)27-28-71(99)92-42-51-15-10-11-16-56(51)73-74(95(47(3)4)89-88-73)57-17-12-13-18-61(57)92)76(101)85-48(5)75(100)86-53-23-19-49(20-24-53)44-110-80(105)94-62-37-67(65(107-9)35-59(62)78(103)93-45-81(29-30-81)38-63(93)79(94)104)109-32-14-31-108-66-36-60-58(34-64(66)106-8)77(102)91-43-52(33-55(91)39-82-60)50-21-25-54(26-22-50)90(6)7/h10-13,15-26,34-37,43,46-48,55,63,72,77,79,82,102,104H,14,27-33,38-42,44-45H2,1-9H3,(H,83,96)(H,84,97)(H,85,101)(H,86,100)(H,87,98)/t48-,55-,63-,72-,77?,79?/m0/s1. The lowest BCUT2D eigenvalue weighted by molar-refractivity contribution is -0.132. The molecular formula is C81H94N14O15. The molecule has 6 atom stereocenters. The van der Waals surface area contributed by atoms with Gasteiger partial charge in [0.25, 0.3) is 5.91 Å². The smallest absolute Gasteiger partial charge is 0.416 e. The Kier molecular flexibility index (Phi) is 22.7. The minimum absolute atomic E-state index is 0.00529. The van der Waals surface area contributed by atoms with E-state index in [-0.39, 0.29) is 91.3 Å². The van der Waals surface area contributed by atoms with E-state index in [0.29, 0.717) is 65.6 Å². The number of methoxy groups -OCH3 is 2. The van der Waals surface area contributed by atoms with Crippen LogP contribution in [0.1, 0.15) is 124 Å². The van der Waals surface area contributed by atoms with Gasteiger partial charge in [-0.2, -0.15) is 0 Å². The molecule has 6 heterocycles. The van der Waals surface area contributed by atoms with Crippen LogP contribution < -0.4 is 65.5 Å². The number of hydrogen-bond donors (Lipinski definition) is 8. The van der Waals surface area contributed by atoms with E-state index in [1.54, 1.807) is 61.1 Å². The van der Waals surface area contributed by atoms with Gasteiger partial charge in [0.2, 0.25) is 35.4 Å². The van der Waals surface area contributed by atoms with Crippen molar-refractivity contribution in [3.05, 3.63) is 155 Å². The number of hydrogen-bond acceptors (Lipinski definition) is 20. The first-order chi connectivity index (χ1) is 52.9. The van der Waals surface area contributed by atoms with Crippen molar-refractivity contribution in [3.63, 3.8) is 0 Å². The molecular weight excluding hydrogens is 1410 g/mol. The molecule has 8 amide bonds. The summed E-state index contributed by atoms with van der Waals surface area (Å²) in [5, 5.41) is 49.6. The SMILES string of the molecule is COc1cc2c(cc1OCCCOc1cc3c(cc1OC)C(=O)N1CC4(CC4)C[C@H]1C(O)N3C(=O)OCc1ccc(NC(=O)[C@H](C)NC(=O)[C@@H](NC(=O)CNC(=O)CNC(=O)CCC(=O)N3Cc4ccccc4-c4nnn(C(C)C)c4-c4ccccc43)C(C)C)cc1)NC[C@@H]1CC(c3ccc(N(C)C)cc3)=CN1C2O. The van der Waals surface area contributed by atoms with Gasteiger partial charge in [0.05, 0.1) is 81.8 Å². The number of benzene rings is 6.